The standard InChI is InChI=1S/C19H26O3S/c1-2-3-4-5-6-7-8-9-16-10-11-18-15-19(23(20,21)22)13-12-17(18)14-16/h10-15H,2-9H2,1H3,(H,20,21,22). The highest BCUT2D eigenvalue weighted by atomic mass is 32.2. The highest BCUT2D eigenvalue weighted by Gasteiger charge is 2.09. The maximum atomic E-state index is 11.2. The Balaban J connectivity index is 1.91. The van der Waals surface area contributed by atoms with Gasteiger partial charge in [-0.1, -0.05) is 69.7 Å². The molecule has 0 aromatic heterocycles. The molecule has 0 bridgehead atoms. The Morgan fingerprint density at radius 2 is 1.43 bits per heavy atom. The molecule has 0 amide bonds. The van der Waals surface area contributed by atoms with Crippen LogP contribution in [0.1, 0.15) is 57.4 Å². The van der Waals surface area contributed by atoms with E-state index in [0.717, 1.165) is 17.2 Å². The minimum atomic E-state index is -4.13. The van der Waals surface area contributed by atoms with Crippen molar-refractivity contribution in [3.63, 3.8) is 0 Å². The maximum absolute atomic E-state index is 11.2. The smallest absolute Gasteiger partial charge is 0.282 e. The Morgan fingerprint density at radius 1 is 0.826 bits per heavy atom. The van der Waals surface area contributed by atoms with Crippen molar-refractivity contribution >= 4 is 20.9 Å². The molecule has 2 aromatic rings. The SMILES string of the molecule is CCCCCCCCCc1ccc2cc(S(=O)(=O)O)ccc2c1. The molecule has 0 atom stereocenters. The van der Waals surface area contributed by atoms with Crippen molar-refractivity contribution in [2.75, 3.05) is 0 Å². The summed E-state index contributed by atoms with van der Waals surface area (Å²) in [4.78, 5) is -0.0511. The van der Waals surface area contributed by atoms with Crippen LogP contribution in [0.15, 0.2) is 41.3 Å². The number of unbranched alkanes of at least 4 members (excludes halogenated alkanes) is 6. The predicted molar refractivity (Wildman–Crippen MR) is 95.5 cm³/mol. The second kappa shape index (κ2) is 8.46. The molecule has 23 heavy (non-hydrogen) atoms. The first-order valence-corrected chi connectivity index (χ1v) is 9.95. The molecule has 0 heterocycles. The fraction of sp³-hybridized carbons (Fsp3) is 0.474. The Bertz CT molecular complexity index is 735. The average Bonchev–Trinajstić information content (AvgIpc) is 2.52. The van der Waals surface area contributed by atoms with Crippen LogP contribution in [-0.2, 0) is 16.5 Å². The Labute approximate surface area is 139 Å². The van der Waals surface area contributed by atoms with Crippen LogP contribution in [0, 0.1) is 0 Å². The summed E-state index contributed by atoms with van der Waals surface area (Å²) in [6.07, 6.45) is 10.2. The van der Waals surface area contributed by atoms with Crippen LogP contribution < -0.4 is 0 Å². The fourth-order valence-electron chi connectivity index (χ4n) is 2.88. The zero-order chi connectivity index (χ0) is 16.7. The lowest BCUT2D eigenvalue weighted by Gasteiger charge is -2.06. The summed E-state index contributed by atoms with van der Waals surface area (Å²) in [6.45, 7) is 2.23. The van der Waals surface area contributed by atoms with Gasteiger partial charge in [-0.3, -0.25) is 4.55 Å². The van der Waals surface area contributed by atoms with Crippen LogP contribution in [0.3, 0.4) is 0 Å². The third kappa shape index (κ3) is 5.63. The summed E-state index contributed by atoms with van der Waals surface area (Å²) in [7, 11) is -4.13. The van der Waals surface area contributed by atoms with Gasteiger partial charge in [0.15, 0.2) is 0 Å². The van der Waals surface area contributed by atoms with Gasteiger partial charge in [0.25, 0.3) is 10.1 Å². The molecule has 1 N–H and O–H groups in total. The lowest BCUT2D eigenvalue weighted by atomic mass is 10.0. The van der Waals surface area contributed by atoms with Crippen molar-refractivity contribution in [3.8, 4) is 0 Å². The molecule has 0 aliphatic carbocycles. The third-order valence-corrected chi connectivity index (χ3v) is 5.09. The molecular weight excluding hydrogens is 308 g/mol. The molecule has 0 radical (unpaired) electrons. The topological polar surface area (TPSA) is 54.4 Å². The molecule has 3 nitrogen and oxygen atoms in total. The minimum absolute atomic E-state index is 0.0511. The highest BCUT2D eigenvalue weighted by Crippen LogP contribution is 2.21. The van der Waals surface area contributed by atoms with Crippen molar-refractivity contribution in [3.05, 3.63) is 42.0 Å². The molecule has 2 aromatic carbocycles. The number of rotatable bonds is 9. The number of benzene rings is 2. The van der Waals surface area contributed by atoms with E-state index in [-0.39, 0.29) is 4.90 Å². The van der Waals surface area contributed by atoms with E-state index < -0.39 is 10.1 Å². The molecule has 0 saturated heterocycles. The second-order valence-electron chi connectivity index (χ2n) is 6.19. The normalized spacial score (nSPS) is 11.9. The van der Waals surface area contributed by atoms with Gasteiger partial charge in [-0.25, -0.2) is 0 Å². The van der Waals surface area contributed by atoms with Crippen molar-refractivity contribution in [1.82, 2.24) is 0 Å². The van der Waals surface area contributed by atoms with Gasteiger partial charge in [-0.05, 0) is 41.3 Å². The van der Waals surface area contributed by atoms with Crippen LogP contribution in [0.4, 0.5) is 0 Å². The van der Waals surface area contributed by atoms with E-state index in [2.05, 4.69) is 13.0 Å². The highest BCUT2D eigenvalue weighted by molar-refractivity contribution is 7.85. The van der Waals surface area contributed by atoms with Gasteiger partial charge in [0.05, 0.1) is 4.90 Å². The van der Waals surface area contributed by atoms with Crippen LogP contribution in [0.2, 0.25) is 0 Å². The lowest BCUT2D eigenvalue weighted by molar-refractivity contribution is 0.483. The van der Waals surface area contributed by atoms with Gasteiger partial charge >= 0.3 is 0 Å². The van der Waals surface area contributed by atoms with Crippen molar-refractivity contribution in [2.45, 2.75) is 63.2 Å². The van der Waals surface area contributed by atoms with Crippen LogP contribution in [0.25, 0.3) is 10.8 Å². The number of fused-ring (bicyclic) bond motifs is 1. The van der Waals surface area contributed by atoms with E-state index in [1.54, 1.807) is 6.07 Å². The summed E-state index contributed by atoms with van der Waals surface area (Å²) in [6, 6.07) is 10.8. The van der Waals surface area contributed by atoms with E-state index in [4.69, 9.17) is 4.55 Å². The largest absolute Gasteiger partial charge is 0.294 e. The van der Waals surface area contributed by atoms with E-state index >= 15 is 0 Å². The summed E-state index contributed by atoms with van der Waals surface area (Å²) >= 11 is 0. The maximum Gasteiger partial charge on any atom is 0.294 e. The van der Waals surface area contributed by atoms with Crippen LogP contribution in [0.5, 0.6) is 0 Å². The van der Waals surface area contributed by atoms with Gasteiger partial charge in [0.1, 0.15) is 0 Å². The van der Waals surface area contributed by atoms with Crippen molar-refractivity contribution < 1.29 is 13.0 Å². The Morgan fingerprint density at radius 3 is 2.13 bits per heavy atom. The summed E-state index contributed by atoms with van der Waals surface area (Å²) in [5.41, 5.74) is 1.28. The molecular formula is C19H26O3S. The molecule has 0 aliphatic rings. The first-order valence-electron chi connectivity index (χ1n) is 8.51. The fourth-order valence-corrected chi connectivity index (χ4v) is 3.39. The monoisotopic (exact) mass is 334 g/mol. The van der Waals surface area contributed by atoms with Crippen LogP contribution in [-0.4, -0.2) is 13.0 Å². The van der Waals surface area contributed by atoms with Crippen molar-refractivity contribution in [1.29, 1.82) is 0 Å². The molecule has 0 aliphatic heterocycles. The Hall–Kier alpha value is -1.39. The van der Waals surface area contributed by atoms with Gasteiger partial charge in [0, 0.05) is 0 Å². The zero-order valence-electron chi connectivity index (χ0n) is 13.8. The molecule has 2 rings (SSSR count). The van der Waals surface area contributed by atoms with Gasteiger partial charge in [-0.2, -0.15) is 8.42 Å². The molecule has 0 saturated carbocycles. The van der Waals surface area contributed by atoms with E-state index in [1.807, 2.05) is 12.1 Å². The zero-order valence-corrected chi connectivity index (χ0v) is 14.6. The van der Waals surface area contributed by atoms with E-state index in [0.29, 0.717) is 0 Å². The number of hydrogen-bond donors (Lipinski definition) is 1. The summed E-state index contributed by atoms with van der Waals surface area (Å²) in [5.74, 6) is 0. The quantitative estimate of drug-likeness (QED) is 0.495. The molecule has 0 spiro atoms. The minimum Gasteiger partial charge on any atom is -0.282 e. The molecule has 0 unspecified atom stereocenters. The van der Waals surface area contributed by atoms with E-state index in [9.17, 15) is 8.42 Å². The molecule has 4 heteroatoms. The summed E-state index contributed by atoms with van der Waals surface area (Å²) in [5, 5.41) is 1.85. The number of aryl methyl sites for hydroxylation is 1. The second-order valence-corrected chi connectivity index (χ2v) is 7.61. The van der Waals surface area contributed by atoms with Gasteiger partial charge in [-0.15, -0.1) is 0 Å². The first-order chi connectivity index (χ1) is 11.0. The first kappa shape index (κ1) is 18.0. The third-order valence-electron chi connectivity index (χ3n) is 4.24. The van der Waals surface area contributed by atoms with Gasteiger partial charge in [0.2, 0.25) is 0 Å². The average molecular weight is 334 g/mol. The predicted octanol–water partition coefficient (Wildman–Crippen LogP) is 5.38. The lowest BCUT2D eigenvalue weighted by Crippen LogP contribution is -1.97. The molecule has 126 valence electrons. The van der Waals surface area contributed by atoms with E-state index in [1.165, 1.54) is 62.6 Å². The Kier molecular flexibility index (Phi) is 6.60. The molecule has 0 fully saturated rings. The van der Waals surface area contributed by atoms with Gasteiger partial charge < -0.3 is 0 Å². The number of hydrogen-bond acceptors (Lipinski definition) is 2. The van der Waals surface area contributed by atoms with Crippen molar-refractivity contribution in [2.24, 2.45) is 0 Å². The summed E-state index contributed by atoms with van der Waals surface area (Å²) < 4.78 is 31.4. The van der Waals surface area contributed by atoms with Crippen LogP contribution >= 0.6 is 0 Å².